The minimum Gasteiger partial charge on any atom is -0.352 e. The number of carbonyl (C=O) groups is 2. The molecule has 0 unspecified atom stereocenters. The van der Waals surface area contributed by atoms with Crippen molar-refractivity contribution in [3.63, 3.8) is 0 Å². The predicted molar refractivity (Wildman–Crippen MR) is 103 cm³/mol. The van der Waals surface area contributed by atoms with Crippen molar-refractivity contribution < 1.29 is 27.3 Å². The van der Waals surface area contributed by atoms with Crippen LogP contribution in [0.1, 0.15) is 50.5 Å². The summed E-state index contributed by atoms with van der Waals surface area (Å²) in [6.45, 7) is 6.00. The van der Waals surface area contributed by atoms with Crippen molar-refractivity contribution in [3.8, 4) is 11.3 Å². The van der Waals surface area contributed by atoms with E-state index in [1.54, 1.807) is 0 Å². The first-order valence-electron chi connectivity index (χ1n) is 9.94. The zero-order valence-corrected chi connectivity index (χ0v) is 17.0. The lowest BCUT2D eigenvalue weighted by Gasteiger charge is -2.39. The lowest BCUT2D eigenvalue weighted by atomic mass is 9.96. The van der Waals surface area contributed by atoms with Crippen LogP contribution < -0.4 is 5.32 Å². The summed E-state index contributed by atoms with van der Waals surface area (Å²) >= 11 is 0. The number of piperazine rings is 1. The first-order chi connectivity index (χ1) is 14.2. The van der Waals surface area contributed by atoms with Crippen molar-refractivity contribution in [1.82, 2.24) is 15.4 Å². The number of halogens is 3. The minimum atomic E-state index is -1.15. The van der Waals surface area contributed by atoms with Gasteiger partial charge < -0.3 is 14.7 Å². The summed E-state index contributed by atoms with van der Waals surface area (Å²) in [6.07, 6.45) is 1.86. The zero-order chi connectivity index (χ0) is 22.0. The van der Waals surface area contributed by atoms with Crippen LogP contribution in [0.3, 0.4) is 0 Å². The third-order valence-electron chi connectivity index (χ3n) is 5.05. The Hall–Kier alpha value is -2.84. The molecule has 1 aromatic heterocycles. The molecule has 30 heavy (non-hydrogen) atoms. The number of benzene rings is 1. The van der Waals surface area contributed by atoms with Crippen molar-refractivity contribution in [2.45, 2.75) is 52.1 Å². The molecule has 2 amide bonds. The van der Waals surface area contributed by atoms with Crippen LogP contribution in [-0.2, 0) is 4.79 Å². The number of nitrogens with one attached hydrogen (secondary N) is 1. The van der Waals surface area contributed by atoms with E-state index in [1.807, 2.05) is 20.8 Å². The fraction of sp³-hybridized carbons (Fsp3) is 0.476. The molecule has 1 saturated heterocycles. The number of hydrogen-bond acceptors (Lipinski definition) is 4. The Morgan fingerprint density at radius 3 is 2.70 bits per heavy atom. The predicted octanol–water partition coefficient (Wildman–Crippen LogP) is 3.91. The van der Waals surface area contributed by atoms with Crippen LogP contribution in [0.5, 0.6) is 0 Å². The second kappa shape index (κ2) is 8.89. The summed E-state index contributed by atoms with van der Waals surface area (Å²) in [5, 5.41) is 6.42. The number of carbonyl (C=O) groups excluding carboxylic acids is 2. The van der Waals surface area contributed by atoms with Crippen LogP contribution >= 0.6 is 0 Å². The van der Waals surface area contributed by atoms with E-state index in [-0.39, 0.29) is 30.0 Å². The maximum absolute atomic E-state index is 15.0. The Balaban J connectivity index is 1.94. The van der Waals surface area contributed by atoms with E-state index in [9.17, 15) is 22.8 Å². The SMILES string of the molecule is CCC[C@H]1CN(C(=O)c2noc(-c3ccc(F)cc3F)c2F)[C@@H](CC(C)C)C(=O)N1. The number of rotatable bonds is 6. The fourth-order valence-corrected chi connectivity index (χ4v) is 3.66. The van der Waals surface area contributed by atoms with Gasteiger partial charge in [-0.3, -0.25) is 9.59 Å². The van der Waals surface area contributed by atoms with E-state index in [4.69, 9.17) is 4.52 Å². The number of nitrogens with zero attached hydrogens (tertiary/aromatic N) is 2. The number of hydrogen-bond donors (Lipinski definition) is 1. The molecule has 0 radical (unpaired) electrons. The highest BCUT2D eigenvalue weighted by Gasteiger charge is 2.40. The van der Waals surface area contributed by atoms with Gasteiger partial charge in [0.25, 0.3) is 5.91 Å². The molecule has 2 heterocycles. The van der Waals surface area contributed by atoms with Gasteiger partial charge in [-0.2, -0.15) is 4.39 Å². The average molecular weight is 423 g/mol. The van der Waals surface area contributed by atoms with Gasteiger partial charge in [0.05, 0.1) is 5.56 Å². The highest BCUT2D eigenvalue weighted by Crippen LogP contribution is 2.29. The molecule has 0 bridgehead atoms. The summed E-state index contributed by atoms with van der Waals surface area (Å²) in [4.78, 5) is 27.1. The van der Waals surface area contributed by atoms with Crippen molar-refractivity contribution in [1.29, 1.82) is 0 Å². The van der Waals surface area contributed by atoms with Gasteiger partial charge in [-0.05, 0) is 30.9 Å². The molecule has 1 N–H and O–H groups in total. The van der Waals surface area contributed by atoms with E-state index in [0.717, 1.165) is 18.6 Å². The summed E-state index contributed by atoms with van der Waals surface area (Å²) < 4.78 is 47.0. The highest BCUT2D eigenvalue weighted by molar-refractivity contribution is 5.97. The van der Waals surface area contributed by atoms with Gasteiger partial charge in [0.15, 0.2) is 0 Å². The van der Waals surface area contributed by atoms with Gasteiger partial charge >= 0.3 is 0 Å². The minimum absolute atomic E-state index is 0.116. The van der Waals surface area contributed by atoms with Gasteiger partial charge in [0.1, 0.15) is 17.7 Å². The third kappa shape index (κ3) is 4.34. The Labute approximate surface area is 172 Å². The van der Waals surface area contributed by atoms with Gasteiger partial charge in [-0.25, -0.2) is 8.78 Å². The Morgan fingerprint density at radius 1 is 1.33 bits per heavy atom. The molecule has 2 atom stereocenters. The quantitative estimate of drug-likeness (QED) is 0.764. The van der Waals surface area contributed by atoms with Crippen LogP contribution in [0, 0.1) is 23.4 Å². The van der Waals surface area contributed by atoms with Crippen molar-refractivity contribution in [2.75, 3.05) is 6.54 Å². The molecule has 6 nitrogen and oxygen atoms in total. The average Bonchev–Trinajstić information content (AvgIpc) is 3.04. The maximum Gasteiger partial charge on any atom is 0.279 e. The van der Waals surface area contributed by atoms with Gasteiger partial charge in [-0.1, -0.05) is 32.3 Å². The summed E-state index contributed by atoms with van der Waals surface area (Å²) in [7, 11) is 0. The Kier molecular flexibility index (Phi) is 6.48. The molecule has 1 aromatic carbocycles. The molecule has 2 aromatic rings. The molecule has 162 valence electrons. The van der Waals surface area contributed by atoms with Crippen LogP contribution in [-0.4, -0.2) is 40.5 Å². The van der Waals surface area contributed by atoms with Crippen LogP contribution in [0.15, 0.2) is 22.7 Å². The molecule has 3 rings (SSSR count). The van der Waals surface area contributed by atoms with Crippen LogP contribution in [0.4, 0.5) is 13.2 Å². The largest absolute Gasteiger partial charge is 0.352 e. The van der Waals surface area contributed by atoms with E-state index < -0.39 is 40.9 Å². The van der Waals surface area contributed by atoms with Crippen LogP contribution in [0.25, 0.3) is 11.3 Å². The molecule has 0 spiro atoms. The number of amides is 2. The molecule has 1 aliphatic heterocycles. The van der Waals surface area contributed by atoms with E-state index >= 15 is 0 Å². The lowest BCUT2D eigenvalue weighted by Crippen LogP contribution is -2.61. The third-order valence-corrected chi connectivity index (χ3v) is 5.05. The van der Waals surface area contributed by atoms with E-state index in [0.29, 0.717) is 18.9 Å². The summed E-state index contributed by atoms with van der Waals surface area (Å²) in [5.41, 5.74) is -0.980. The molecule has 9 heteroatoms. The summed E-state index contributed by atoms with van der Waals surface area (Å²) in [6, 6.07) is 1.52. The van der Waals surface area contributed by atoms with Gasteiger partial charge in [0.2, 0.25) is 23.2 Å². The molecular weight excluding hydrogens is 399 g/mol. The van der Waals surface area contributed by atoms with E-state index in [1.165, 1.54) is 4.90 Å². The van der Waals surface area contributed by atoms with Crippen molar-refractivity contribution in [2.24, 2.45) is 5.92 Å². The fourth-order valence-electron chi connectivity index (χ4n) is 3.66. The first kappa shape index (κ1) is 21.9. The Bertz CT molecular complexity index is 945. The number of aromatic nitrogens is 1. The highest BCUT2D eigenvalue weighted by atomic mass is 19.1. The Morgan fingerprint density at radius 2 is 2.07 bits per heavy atom. The normalized spacial score (nSPS) is 19.3. The topological polar surface area (TPSA) is 75.4 Å². The van der Waals surface area contributed by atoms with Crippen molar-refractivity contribution in [3.05, 3.63) is 41.3 Å². The molecular formula is C21H24F3N3O3. The van der Waals surface area contributed by atoms with Gasteiger partial charge in [0, 0.05) is 18.7 Å². The summed E-state index contributed by atoms with van der Waals surface area (Å²) in [5.74, 6) is -4.59. The zero-order valence-electron chi connectivity index (χ0n) is 17.0. The maximum atomic E-state index is 15.0. The molecule has 1 fully saturated rings. The molecule has 0 aliphatic carbocycles. The lowest BCUT2D eigenvalue weighted by molar-refractivity contribution is -0.130. The second-order valence-corrected chi connectivity index (χ2v) is 7.90. The van der Waals surface area contributed by atoms with Gasteiger partial charge in [-0.15, -0.1) is 0 Å². The van der Waals surface area contributed by atoms with E-state index in [2.05, 4.69) is 10.5 Å². The molecule has 0 saturated carbocycles. The van der Waals surface area contributed by atoms with Crippen molar-refractivity contribution >= 4 is 11.8 Å². The standard InChI is InChI=1S/C21H24F3N3O3/c1-4-5-13-10-27(16(8-11(2)3)20(28)25-13)21(29)18-17(24)19(30-26-18)14-7-6-12(22)9-15(14)23/h6-7,9,11,13,16H,4-5,8,10H2,1-3H3,(H,25,28)/t13-,16-/m0/s1. The smallest absolute Gasteiger partial charge is 0.279 e. The van der Waals surface area contributed by atoms with Crippen LogP contribution in [0.2, 0.25) is 0 Å². The molecule has 1 aliphatic rings. The second-order valence-electron chi connectivity index (χ2n) is 7.90. The monoisotopic (exact) mass is 423 g/mol. The first-order valence-corrected chi connectivity index (χ1v) is 9.94.